The van der Waals surface area contributed by atoms with Crippen molar-refractivity contribution >= 4 is 11.8 Å². The van der Waals surface area contributed by atoms with E-state index in [-0.39, 0.29) is 11.4 Å². The van der Waals surface area contributed by atoms with Crippen LogP contribution in [0.2, 0.25) is 0 Å². The average molecular weight is 240 g/mol. The standard InChI is InChI=1S/C13H20O2S/c1-10-5-4-6-13(9-10)15-7-8-16-12(3)11(2)14/h4-6,9,11-12,14H,7-8H2,1-3H3. The highest BCUT2D eigenvalue weighted by atomic mass is 32.2. The number of benzene rings is 1. The Morgan fingerprint density at radius 3 is 2.75 bits per heavy atom. The minimum absolute atomic E-state index is 0.260. The molecule has 0 aromatic heterocycles. The van der Waals surface area contributed by atoms with Gasteiger partial charge in [-0.05, 0) is 31.5 Å². The molecule has 0 bridgehead atoms. The van der Waals surface area contributed by atoms with Crippen LogP contribution in [0.15, 0.2) is 24.3 Å². The third kappa shape index (κ3) is 4.90. The summed E-state index contributed by atoms with van der Waals surface area (Å²) < 4.78 is 5.61. The van der Waals surface area contributed by atoms with E-state index in [0.717, 1.165) is 11.5 Å². The summed E-state index contributed by atoms with van der Waals surface area (Å²) in [5, 5.41) is 9.58. The van der Waals surface area contributed by atoms with Gasteiger partial charge in [0.05, 0.1) is 12.7 Å². The Morgan fingerprint density at radius 2 is 2.12 bits per heavy atom. The Kier molecular flexibility index (Phi) is 5.71. The zero-order chi connectivity index (χ0) is 12.0. The van der Waals surface area contributed by atoms with E-state index in [4.69, 9.17) is 4.74 Å². The molecule has 2 nitrogen and oxygen atoms in total. The van der Waals surface area contributed by atoms with Crippen molar-refractivity contribution in [3.05, 3.63) is 29.8 Å². The Hall–Kier alpha value is -0.670. The minimum Gasteiger partial charge on any atom is -0.493 e. The van der Waals surface area contributed by atoms with Gasteiger partial charge >= 0.3 is 0 Å². The van der Waals surface area contributed by atoms with Gasteiger partial charge in [0.15, 0.2) is 0 Å². The van der Waals surface area contributed by atoms with Gasteiger partial charge in [-0.1, -0.05) is 19.1 Å². The maximum absolute atomic E-state index is 9.31. The Balaban J connectivity index is 2.21. The molecule has 0 radical (unpaired) electrons. The summed E-state index contributed by atoms with van der Waals surface area (Å²) in [6.45, 7) is 6.59. The van der Waals surface area contributed by atoms with E-state index in [0.29, 0.717) is 6.61 Å². The summed E-state index contributed by atoms with van der Waals surface area (Å²) in [4.78, 5) is 0. The van der Waals surface area contributed by atoms with Gasteiger partial charge in [-0.25, -0.2) is 0 Å². The first-order chi connectivity index (χ1) is 7.59. The highest BCUT2D eigenvalue weighted by Gasteiger charge is 2.08. The van der Waals surface area contributed by atoms with Gasteiger partial charge in [-0.15, -0.1) is 0 Å². The molecule has 1 N–H and O–H groups in total. The molecule has 1 aromatic carbocycles. The van der Waals surface area contributed by atoms with Crippen LogP contribution in [0.5, 0.6) is 5.75 Å². The number of ether oxygens (including phenoxy) is 1. The first-order valence-corrected chi connectivity index (χ1v) is 6.63. The molecule has 0 spiro atoms. The monoisotopic (exact) mass is 240 g/mol. The van der Waals surface area contributed by atoms with Gasteiger partial charge in [0, 0.05) is 11.0 Å². The van der Waals surface area contributed by atoms with Crippen LogP contribution < -0.4 is 4.74 Å². The van der Waals surface area contributed by atoms with Crippen molar-refractivity contribution in [3.8, 4) is 5.75 Å². The molecule has 0 aliphatic rings. The predicted octanol–water partition coefficient (Wildman–Crippen LogP) is 2.88. The molecular weight excluding hydrogens is 220 g/mol. The molecule has 2 unspecified atom stereocenters. The summed E-state index contributed by atoms with van der Waals surface area (Å²) >= 11 is 1.73. The Labute approximate surface area is 102 Å². The lowest BCUT2D eigenvalue weighted by Gasteiger charge is -2.14. The SMILES string of the molecule is Cc1cccc(OCCSC(C)C(C)O)c1. The van der Waals surface area contributed by atoms with E-state index >= 15 is 0 Å². The molecule has 0 aliphatic carbocycles. The van der Waals surface area contributed by atoms with Crippen LogP contribution in [0.1, 0.15) is 19.4 Å². The zero-order valence-electron chi connectivity index (χ0n) is 10.1. The molecule has 3 heteroatoms. The fourth-order valence-corrected chi connectivity index (χ4v) is 2.07. The van der Waals surface area contributed by atoms with Crippen LogP contribution in [0.3, 0.4) is 0 Å². The number of hydrogen-bond donors (Lipinski definition) is 1. The van der Waals surface area contributed by atoms with Gasteiger partial charge < -0.3 is 9.84 Å². The molecule has 1 rings (SSSR count). The van der Waals surface area contributed by atoms with Crippen molar-refractivity contribution in [2.24, 2.45) is 0 Å². The van der Waals surface area contributed by atoms with Gasteiger partial charge in [-0.3, -0.25) is 0 Å². The number of rotatable bonds is 6. The van der Waals surface area contributed by atoms with Gasteiger partial charge in [0.2, 0.25) is 0 Å². The van der Waals surface area contributed by atoms with E-state index in [1.807, 2.05) is 32.0 Å². The fourth-order valence-electron chi connectivity index (χ4n) is 1.24. The molecule has 16 heavy (non-hydrogen) atoms. The summed E-state index contributed by atoms with van der Waals surface area (Å²) in [7, 11) is 0. The number of aliphatic hydroxyl groups excluding tert-OH is 1. The van der Waals surface area contributed by atoms with Crippen LogP contribution in [0.4, 0.5) is 0 Å². The van der Waals surface area contributed by atoms with Gasteiger partial charge in [0.1, 0.15) is 5.75 Å². The number of aliphatic hydroxyl groups is 1. The lowest BCUT2D eigenvalue weighted by Crippen LogP contribution is -2.17. The molecule has 0 amide bonds. The second-order valence-electron chi connectivity index (χ2n) is 3.98. The van der Waals surface area contributed by atoms with Crippen LogP contribution >= 0.6 is 11.8 Å². The summed E-state index contributed by atoms with van der Waals surface area (Å²) in [5.74, 6) is 1.82. The topological polar surface area (TPSA) is 29.5 Å². The van der Waals surface area contributed by atoms with E-state index in [2.05, 4.69) is 13.0 Å². The number of thioether (sulfide) groups is 1. The van der Waals surface area contributed by atoms with E-state index < -0.39 is 0 Å². The lowest BCUT2D eigenvalue weighted by molar-refractivity contribution is 0.196. The summed E-state index contributed by atoms with van der Waals surface area (Å²) in [6.07, 6.45) is -0.260. The van der Waals surface area contributed by atoms with Gasteiger partial charge in [0.25, 0.3) is 0 Å². The van der Waals surface area contributed by atoms with Crippen molar-refractivity contribution in [1.82, 2.24) is 0 Å². The van der Waals surface area contributed by atoms with Crippen LogP contribution in [-0.4, -0.2) is 28.8 Å². The molecule has 90 valence electrons. The first-order valence-electron chi connectivity index (χ1n) is 5.58. The van der Waals surface area contributed by atoms with Crippen molar-refractivity contribution in [2.45, 2.75) is 32.1 Å². The van der Waals surface area contributed by atoms with E-state index in [9.17, 15) is 5.11 Å². The smallest absolute Gasteiger partial charge is 0.119 e. The number of hydrogen-bond acceptors (Lipinski definition) is 3. The normalized spacial score (nSPS) is 14.5. The molecule has 2 atom stereocenters. The first kappa shape index (κ1) is 13.4. The maximum Gasteiger partial charge on any atom is 0.119 e. The number of aryl methyl sites for hydroxylation is 1. The molecule has 0 heterocycles. The largest absolute Gasteiger partial charge is 0.493 e. The van der Waals surface area contributed by atoms with Crippen molar-refractivity contribution in [1.29, 1.82) is 0 Å². The second kappa shape index (κ2) is 6.81. The van der Waals surface area contributed by atoms with Crippen molar-refractivity contribution in [3.63, 3.8) is 0 Å². The summed E-state index contributed by atoms with van der Waals surface area (Å²) in [5.41, 5.74) is 1.21. The highest BCUT2D eigenvalue weighted by molar-refractivity contribution is 7.99. The predicted molar refractivity (Wildman–Crippen MR) is 70.3 cm³/mol. The molecule has 0 saturated heterocycles. The van der Waals surface area contributed by atoms with Crippen molar-refractivity contribution < 1.29 is 9.84 Å². The minimum atomic E-state index is -0.260. The van der Waals surface area contributed by atoms with Crippen LogP contribution in [-0.2, 0) is 0 Å². The summed E-state index contributed by atoms with van der Waals surface area (Å²) in [6, 6.07) is 8.05. The third-order valence-electron chi connectivity index (χ3n) is 2.40. The van der Waals surface area contributed by atoms with Crippen LogP contribution in [0, 0.1) is 6.92 Å². The second-order valence-corrected chi connectivity index (χ2v) is 5.47. The Morgan fingerprint density at radius 1 is 1.38 bits per heavy atom. The molecule has 0 saturated carbocycles. The Bertz CT molecular complexity index is 313. The fraction of sp³-hybridized carbons (Fsp3) is 0.538. The quantitative estimate of drug-likeness (QED) is 0.775. The van der Waals surface area contributed by atoms with E-state index in [1.54, 1.807) is 11.8 Å². The molecule has 0 fully saturated rings. The van der Waals surface area contributed by atoms with E-state index in [1.165, 1.54) is 5.56 Å². The third-order valence-corrected chi connectivity index (χ3v) is 3.72. The molecule has 0 aliphatic heterocycles. The average Bonchev–Trinajstić information content (AvgIpc) is 2.24. The van der Waals surface area contributed by atoms with Crippen LogP contribution in [0.25, 0.3) is 0 Å². The lowest BCUT2D eigenvalue weighted by atomic mass is 10.2. The van der Waals surface area contributed by atoms with Gasteiger partial charge in [-0.2, -0.15) is 11.8 Å². The zero-order valence-corrected chi connectivity index (χ0v) is 11.0. The molecular formula is C13H20O2S. The molecule has 1 aromatic rings. The maximum atomic E-state index is 9.31. The highest BCUT2D eigenvalue weighted by Crippen LogP contribution is 2.16. The van der Waals surface area contributed by atoms with Crippen molar-refractivity contribution in [2.75, 3.05) is 12.4 Å².